The zero-order chi connectivity index (χ0) is 25.2. The highest BCUT2D eigenvalue weighted by Crippen LogP contribution is 2.34. The van der Waals surface area contributed by atoms with E-state index >= 15 is 0 Å². The number of methoxy groups -OCH3 is 2. The zero-order valence-electron chi connectivity index (χ0n) is 20.4. The predicted octanol–water partition coefficient (Wildman–Crippen LogP) is 6.36. The topological polar surface area (TPSA) is 70.0 Å². The maximum absolute atomic E-state index is 12.8. The molecule has 1 aliphatic heterocycles. The van der Waals surface area contributed by atoms with Crippen LogP contribution in [-0.2, 0) is 9.53 Å². The number of aryl methyl sites for hydroxylation is 2. The zero-order valence-corrected chi connectivity index (χ0v) is 21.2. The number of benzene rings is 3. The van der Waals surface area contributed by atoms with Gasteiger partial charge in [-0.15, -0.1) is 0 Å². The average Bonchev–Trinajstić information content (AvgIpc) is 3.25. The molecule has 0 atom stereocenters. The number of aliphatic imine (C=N–C) groups is 1. The van der Waals surface area contributed by atoms with Gasteiger partial charge in [0.15, 0.2) is 17.2 Å². The summed E-state index contributed by atoms with van der Waals surface area (Å²) >= 11 is 1.55. The van der Waals surface area contributed by atoms with E-state index in [1.807, 2.05) is 25.1 Å². The third-order valence-corrected chi connectivity index (χ3v) is 6.77. The van der Waals surface area contributed by atoms with Crippen molar-refractivity contribution in [3.8, 4) is 11.5 Å². The van der Waals surface area contributed by atoms with E-state index in [4.69, 9.17) is 19.2 Å². The summed E-state index contributed by atoms with van der Waals surface area (Å²) in [4.78, 5) is 23.2. The average molecular weight is 497 g/mol. The molecular formula is C29H24N2O4S. The SMILES string of the molecule is COc1ccc(C2=N/C(=C/c3cc4cc(C)ccc4nc3Sc3ccc(C)cc3)C(=O)O2)cc1OC. The fourth-order valence-electron chi connectivity index (χ4n) is 3.85. The van der Waals surface area contributed by atoms with Crippen LogP contribution in [0.1, 0.15) is 22.3 Å². The molecule has 36 heavy (non-hydrogen) atoms. The molecule has 0 bridgehead atoms. The van der Waals surface area contributed by atoms with Crippen molar-refractivity contribution < 1.29 is 19.0 Å². The van der Waals surface area contributed by atoms with Crippen LogP contribution in [0.3, 0.4) is 0 Å². The van der Waals surface area contributed by atoms with Crippen LogP contribution in [0.2, 0.25) is 0 Å². The maximum Gasteiger partial charge on any atom is 0.363 e. The summed E-state index contributed by atoms with van der Waals surface area (Å²) in [5.41, 5.74) is 4.83. The van der Waals surface area contributed by atoms with Crippen molar-refractivity contribution in [3.63, 3.8) is 0 Å². The highest BCUT2D eigenvalue weighted by atomic mass is 32.2. The molecule has 0 N–H and O–H groups in total. The summed E-state index contributed by atoms with van der Waals surface area (Å²) in [7, 11) is 3.12. The quantitative estimate of drug-likeness (QED) is 0.228. The second-order valence-corrected chi connectivity index (χ2v) is 9.46. The lowest BCUT2D eigenvalue weighted by molar-refractivity contribution is -0.129. The van der Waals surface area contributed by atoms with Crippen molar-refractivity contribution in [1.82, 2.24) is 4.98 Å². The van der Waals surface area contributed by atoms with E-state index in [9.17, 15) is 4.79 Å². The Hall–Kier alpha value is -4.10. The van der Waals surface area contributed by atoms with Gasteiger partial charge in [-0.2, -0.15) is 0 Å². The van der Waals surface area contributed by atoms with Gasteiger partial charge >= 0.3 is 5.97 Å². The van der Waals surface area contributed by atoms with Gasteiger partial charge in [0, 0.05) is 21.4 Å². The van der Waals surface area contributed by atoms with Gasteiger partial charge in [-0.1, -0.05) is 41.1 Å². The molecule has 0 amide bonds. The lowest BCUT2D eigenvalue weighted by atomic mass is 10.1. The Morgan fingerprint density at radius 3 is 2.36 bits per heavy atom. The van der Waals surface area contributed by atoms with Crippen LogP contribution in [0.4, 0.5) is 0 Å². The van der Waals surface area contributed by atoms with E-state index in [0.29, 0.717) is 17.1 Å². The first-order valence-corrected chi connectivity index (χ1v) is 12.2. The van der Waals surface area contributed by atoms with E-state index in [1.165, 1.54) is 5.56 Å². The molecule has 180 valence electrons. The van der Waals surface area contributed by atoms with E-state index in [0.717, 1.165) is 32.0 Å². The summed E-state index contributed by atoms with van der Waals surface area (Å²) < 4.78 is 16.2. The second kappa shape index (κ2) is 9.87. The van der Waals surface area contributed by atoms with Crippen LogP contribution in [0.15, 0.2) is 87.3 Å². The minimum atomic E-state index is -0.518. The number of fused-ring (bicyclic) bond motifs is 1. The number of cyclic esters (lactones) is 1. The smallest absolute Gasteiger partial charge is 0.363 e. The van der Waals surface area contributed by atoms with Crippen LogP contribution >= 0.6 is 11.8 Å². The number of aromatic nitrogens is 1. The third kappa shape index (κ3) is 4.83. The first-order chi connectivity index (χ1) is 17.4. The molecule has 0 unspecified atom stereocenters. The highest BCUT2D eigenvalue weighted by Gasteiger charge is 2.25. The third-order valence-electron chi connectivity index (χ3n) is 5.74. The number of rotatable bonds is 6. The molecule has 6 nitrogen and oxygen atoms in total. The predicted molar refractivity (Wildman–Crippen MR) is 142 cm³/mol. The highest BCUT2D eigenvalue weighted by molar-refractivity contribution is 7.99. The van der Waals surface area contributed by atoms with Gasteiger partial charge in [0.2, 0.25) is 5.90 Å². The molecule has 0 saturated heterocycles. The summed E-state index contributed by atoms with van der Waals surface area (Å²) in [6.07, 6.45) is 1.74. The number of hydrogen-bond acceptors (Lipinski definition) is 7. The number of hydrogen-bond donors (Lipinski definition) is 0. The maximum atomic E-state index is 12.8. The fraction of sp³-hybridized carbons (Fsp3) is 0.138. The molecule has 3 aromatic carbocycles. The van der Waals surface area contributed by atoms with Gasteiger partial charge in [0.05, 0.1) is 19.7 Å². The van der Waals surface area contributed by atoms with Crippen LogP contribution in [0, 0.1) is 13.8 Å². The van der Waals surface area contributed by atoms with Gasteiger partial charge in [-0.3, -0.25) is 0 Å². The van der Waals surface area contributed by atoms with E-state index in [1.54, 1.807) is 50.3 Å². The molecule has 0 saturated carbocycles. The minimum absolute atomic E-state index is 0.208. The van der Waals surface area contributed by atoms with Crippen LogP contribution in [0.5, 0.6) is 11.5 Å². The van der Waals surface area contributed by atoms with E-state index < -0.39 is 5.97 Å². The molecule has 0 radical (unpaired) electrons. The summed E-state index contributed by atoms with van der Waals surface area (Å²) in [6, 6.07) is 21.7. The number of pyridine rings is 1. The van der Waals surface area contributed by atoms with E-state index in [-0.39, 0.29) is 11.6 Å². The molecule has 7 heteroatoms. The first-order valence-electron chi connectivity index (χ1n) is 11.3. The summed E-state index contributed by atoms with van der Waals surface area (Å²) in [5.74, 6) is 0.800. The number of ether oxygens (including phenoxy) is 3. The number of carbonyl (C=O) groups is 1. The van der Waals surface area contributed by atoms with Crippen molar-refractivity contribution >= 4 is 40.6 Å². The Morgan fingerprint density at radius 2 is 1.61 bits per heavy atom. The molecule has 0 aliphatic carbocycles. The first kappa shape index (κ1) is 23.6. The van der Waals surface area contributed by atoms with Gasteiger partial charge in [-0.25, -0.2) is 14.8 Å². The Kier molecular flexibility index (Phi) is 6.48. The molecular weight excluding hydrogens is 472 g/mol. The van der Waals surface area contributed by atoms with Gasteiger partial charge in [0.1, 0.15) is 5.03 Å². The van der Waals surface area contributed by atoms with Crippen molar-refractivity contribution in [2.24, 2.45) is 4.99 Å². The van der Waals surface area contributed by atoms with Crippen LogP contribution in [-0.4, -0.2) is 31.1 Å². The lowest BCUT2D eigenvalue weighted by Crippen LogP contribution is -2.06. The van der Waals surface area contributed by atoms with E-state index in [2.05, 4.69) is 42.2 Å². The normalized spacial score (nSPS) is 14.2. The van der Waals surface area contributed by atoms with Crippen LogP contribution < -0.4 is 9.47 Å². The molecule has 4 aromatic rings. The van der Waals surface area contributed by atoms with Crippen molar-refractivity contribution in [1.29, 1.82) is 0 Å². The van der Waals surface area contributed by atoms with Crippen molar-refractivity contribution in [2.45, 2.75) is 23.8 Å². The Morgan fingerprint density at radius 1 is 0.861 bits per heavy atom. The lowest BCUT2D eigenvalue weighted by Gasteiger charge is -2.09. The minimum Gasteiger partial charge on any atom is -0.493 e. The number of nitrogens with zero attached hydrogens (tertiary/aromatic N) is 2. The molecule has 0 spiro atoms. The Bertz CT molecular complexity index is 1540. The van der Waals surface area contributed by atoms with Crippen molar-refractivity contribution in [3.05, 3.63) is 94.7 Å². The molecule has 2 heterocycles. The Balaban J connectivity index is 1.57. The van der Waals surface area contributed by atoms with Gasteiger partial charge < -0.3 is 14.2 Å². The Labute approximate surface area is 213 Å². The molecule has 1 aromatic heterocycles. The standard InChI is InChI=1S/C29H24N2O4S/c1-17-5-9-22(10-6-17)36-28-21(14-20-13-18(2)7-11-23(20)31-28)15-24-29(32)35-27(30-24)19-8-12-25(33-3)26(16-19)34-4/h5-16H,1-4H3/b24-15+. The number of esters is 1. The summed E-state index contributed by atoms with van der Waals surface area (Å²) in [5, 5.41) is 1.77. The molecule has 1 aliphatic rings. The van der Waals surface area contributed by atoms with Crippen LogP contribution in [0.25, 0.3) is 17.0 Å². The van der Waals surface area contributed by atoms with Gasteiger partial charge in [0.25, 0.3) is 0 Å². The number of carbonyl (C=O) groups excluding carboxylic acids is 1. The van der Waals surface area contributed by atoms with Crippen molar-refractivity contribution in [2.75, 3.05) is 14.2 Å². The monoisotopic (exact) mass is 496 g/mol. The fourth-order valence-corrected chi connectivity index (χ4v) is 4.72. The van der Waals surface area contributed by atoms with Gasteiger partial charge in [-0.05, 0) is 68.5 Å². The summed E-state index contributed by atoms with van der Waals surface area (Å²) in [6.45, 7) is 4.10. The largest absolute Gasteiger partial charge is 0.493 e. The molecule has 5 rings (SSSR count). The molecule has 0 fully saturated rings. The second-order valence-electron chi connectivity index (χ2n) is 8.40.